The van der Waals surface area contributed by atoms with Crippen molar-refractivity contribution >= 4 is 0 Å². The van der Waals surface area contributed by atoms with Crippen LogP contribution < -0.4 is 5.73 Å². The van der Waals surface area contributed by atoms with Crippen LogP contribution in [0.15, 0.2) is 12.5 Å². The Hall–Kier alpha value is -0.870. The summed E-state index contributed by atoms with van der Waals surface area (Å²) in [6.45, 7) is 5.61. The summed E-state index contributed by atoms with van der Waals surface area (Å²) in [7, 11) is 0. The van der Waals surface area contributed by atoms with E-state index in [9.17, 15) is 0 Å². The molecule has 1 unspecified atom stereocenters. The molecule has 14 heavy (non-hydrogen) atoms. The highest BCUT2D eigenvalue weighted by Gasteiger charge is 2.25. The van der Waals surface area contributed by atoms with Crippen LogP contribution >= 0.6 is 0 Å². The molecular formula is C10H17N3O. The molecule has 0 saturated carbocycles. The molecular weight excluding hydrogens is 178 g/mol. The lowest BCUT2D eigenvalue weighted by Crippen LogP contribution is -2.32. The molecule has 4 heteroatoms. The minimum absolute atomic E-state index is 0.334. The van der Waals surface area contributed by atoms with Gasteiger partial charge in [0, 0.05) is 12.8 Å². The van der Waals surface area contributed by atoms with E-state index in [0.717, 1.165) is 25.3 Å². The van der Waals surface area contributed by atoms with Crippen molar-refractivity contribution in [2.24, 2.45) is 5.73 Å². The smallest absolute Gasteiger partial charge is 0.0952 e. The van der Waals surface area contributed by atoms with Crippen molar-refractivity contribution in [1.29, 1.82) is 0 Å². The highest BCUT2D eigenvalue weighted by atomic mass is 16.5. The predicted molar refractivity (Wildman–Crippen MR) is 53.9 cm³/mol. The number of hydrogen-bond acceptors (Lipinski definition) is 3. The summed E-state index contributed by atoms with van der Waals surface area (Å²) in [4.78, 5) is 4.16. The van der Waals surface area contributed by atoms with E-state index in [4.69, 9.17) is 10.5 Å². The number of nitrogens with zero attached hydrogens (tertiary/aromatic N) is 2. The molecule has 0 radical (unpaired) electrons. The van der Waals surface area contributed by atoms with E-state index in [2.05, 4.69) is 9.55 Å². The first-order valence-corrected chi connectivity index (χ1v) is 4.98. The second-order valence-corrected chi connectivity index (χ2v) is 4.43. The lowest BCUT2D eigenvalue weighted by Gasteiger charge is -2.23. The summed E-state index contributed by atoms with van der Waals surface area (Å²) in [5.74, 6) is 0. The number of aromatic nitrogens is 2. The zero-order chi connectivity index (χ0) is 10.2. The molecule has 4 nitrogen and oxygen atoms in total. The lowest BCUT2D eigenvalue weighted by atomic mass is 10.0. The average molecular weight is 195 g/mol. The summed E-state index contributed by atoms with van der Waals surface area (Å²) in [6, 6.07) is 0.412. The Balaban J connectivity index is 2.29. The van der Waals surface area contributed by atoms with Crippen LogP contribution in [0.3, 0.4) is 0 Å². The molecule has 2 heterocycles. The van der Waals surface area contributed by atoms with Crippen LogP contribution in [0.4, 0.5) is 0 Å². The van der Waals surface area contributed by atoms with Gasteiger partial charge < -0.3 is 15.0 Å². The Morgan fingerprint density at radius 3 is 3.00 bits per heavy atom. The van der Waals surface area contributed by atoms with Gasteiger partial charge in [0.1, 0.15) is 0 Å². The molecule has 0 aromatic carbocycles. The molecule has 0 aliphatic carbocycles. The summed E-state index contributed by atoms with van der Waals surface area (Å²) < 4.78 is 7.50. The van der Waals surface area contributed by atoms with Crippen molar-refractivity contribution < 1.29 is 4.74 Å². The van der Waals surface area contributed by atoms with Gasteiger partial charge in [0.2, 0.25) is 0 Å². The summed E-state index contributed by atoms with van der Waals surface area (Å²) in [5, 5.41) is 0. The number of imidazole rings is 1. The lowest BCUT2D eigenvalue weighted by molar-refractivity contribution is 0.185. The van der Waals surface area contributed by atoms with E-state index in [0.29, 0.717) is 6.04 Å². The van der Waals surface area contributed by atoms with Gasteiger partial charge in [-0.05, 0) is 20.3 Å². The van der Waals surface area contributed by atoms with Gasteiger partial charge >= 0.3 is 0 Å². The number of nitrogens with two attached hydrogens (primary N) is 1. The molecule has 0 bridgehead atoms. The molecule has 1 aliphatic rings. The van der Waals surface area contributed by atoms with Gasteiger partial charge in [0.05, 0.1) is 30.2 Å². The van der Waals surface area contributed by atoms with Crippen molar-refractivity contribution in [3.05, 3.63) is 18.2 Å². The molecule has 1 aliphatic heterocycles. The van der Waals surface area contributed by atoms with Gasteiger partial charge in [0.25, 0.3) is 0 Å². The minimum Gasteiger partial charge on any atom is -0.379 e. The average Bonchev–Trinajstić information content (AvgIpc) is 2.73. The van der Waals surface area contributed by atoms with E-state index >= 15 is 0 Å². The van der Waals surface area contributed by atoms with Gasteiger partial charge in [-0.25, -0.2) is 4.98 Å². The van der Waals surface area contributed by atoms with E-state index < -0.39 is 0 Å². The zero-order valence-electron chi connectivity index (χ0n) is 8.73. The molecule has 0 spiro atoms. The first-order valence-electron chi connectivity index (χ1n) is 4.98. The molecule has 1 fully saturated rings. The highest BCUT2D eigenvalue weighted by Crippen LogP contribution is 2.25. The van der Waals surface area contributed by atoms with Gasteiger partial charge in [-0.15, -0.1) is 0 Å². The Morgan fingerprint density at radius 1 is 1.64 bits per heavy atom. The van der Waals surface area contributed by atoms with E-state index in [-0.39, 0.29) is 5.54 Å². The fourth-order valence-corrected chi connectivity index (χ4v) is 1.84. The highest BCUT2D eigenvalue weighted by molar-refractivity contribution is 5.11. The molecule has 1 aromatic rings. The standard InChI is InChI=1S/C10H17N3O/c1-10(2,11)9-5-12-7-13(9)8-3-4-14-6-8/h5,7-8H,3-4,6,11H2,1-2H3. The summed E-state index contributed by atoms with van der Waals surface area (Å²) >= 11 is 0. The van der Waals surface area contributed by atoms with E-state index in [1.165, 1.54) is 0 Å². The Kier molecular flexibility index (Phi) is 2.33. The van der Waals surface area contributed by atoms with Crippen LogP contribution in [-0.2, 0) is 10.3 Å². The topological polar surface area (TPSA) is 53.1 Å². The third kappa shape index (κ3) is 1.67. The fourth-order valence-electron chi connectivity index (χ4n) is 1.84. The second-order valence-electron chi connectivity index (χ2n) is 4.43. The number of hydrogen-bond donors (Lipinski definition) is 1. The van der Waals surface area contributed by atoms with Crippen LogP contribution in [0.1, 0.15) is 32.0 Å². The van der Waals surface area contributed by atoms with Gasteiger partial charge in [-0.3, -0.25) is 0 Å². The Bertz CT molecular complexity index is 307. The first-order chi connectivity index (χ1) is 6.59. The van der Waals surface area contributed by atoms with Crippen molar-refractivity contribution in [2.75, 3.05) is 13.2 Å². The third-order valence-electron chi connectivity index (χ3n) is 2.63. The number of rotatable bonds is 2. The Labute approximate surface area is 84.1 Å². The fraction of sp³-hybridized carbons (Fsp3) is 0.700. The first kappa shape index (κ1) is 9.68. The monoisotopic (exact) mass is 195 g/mol. The second kappa shape index (κ2) is 3.37. The normalized spacial score (nSPS) is 22.9. The van der Waals surface area contributed by atoms with Crippen molar-refractivity contribution in [3.63, 3.8) is 0 Å². The quantitative estimate of drug-likeness (QED) is 0.767. The van der Waals surface area contributed by atoms with Crippen molar-refractivity contribution in [2.45, 2.75) is 31.8 Å². The van der Waals surface area contributed by atoms with Gasteiger partial charge in [-0.2, -0.15) is 0 Å². The number of ether oxygens (including phenoxy) is 1. The third-order valence-corrected chi connectivity index (χ3v) is 2.63. The molecule has 78 valence electrons. The maximum Gasteiger partial charge on any atom is 0.0952 e. The van der Waals surface area contributed by atoms with Crippen LogP contribution in [-0.4, -0.2) is 22.8 Å². The molecule has 1 saturated heterocycles. The summed E-state index contributed by atoms with van der Waals surface area (Å²) in [5.41, 5.74) is 6.81. The maximum absolute atomic E-state index is 6.07. The molecule has 1 aromatic heterocycles. The molecule has 2 N–H and O–H groups in total. The summed E-state index contributed by atoms with van der Waals surface area (Å²) in [6.07, 6.45) is 4.75. The van der Waals surface area contributed by atoms with Crippen molar-refractivity contribution in [3.8, 4) is 0 Å². The largest absolute Gasteiger partial charge is 0.379 e. The SMILES string of the molecule is CC(C)(N)c1cncn1C1CCOC1. The van der Waals surface area contributed by atoms with Crippen LogP contribution in [0.2, 0.25) is 0 Å². The van der Waals surface area contributed by atoms with Crippen molar-refractivity contribution in [1.82, 2.24) is 9.55 Å². The minimum atomic E-state index is -0.334. The molecule has 2 rings (SSSR count). The van der Waals surface area contributed by atoms with E-state index in [1.807, 2.05) is 26.4 Å². The maximum atomic E-state index is 6.07. The molecule has 1 atom stereocenters. The zero-order valence-corrected chi connectivity index (χ0v) is 8.73. The van der Waals surface area contributed by atoms with Crippen LogP contribution in [0.25, 0.3) is 0 Å². The van der Waals surface area contributed by atoms with Gasteiger partial charge in [-0.1, -0.05) is 0 Å². The van der Waals surface area contributed by atoms with Gasteiger partial charge in [0.15, 0.2) is 0 Å². The molecule has 0 amide bonds. The van der Waals surface area contributed by atoms with Crippen LogP contribution in [0.5, 0.6) is 0 Å². The predicted octanol–water partition coefficient (Wildman–Crippen LogP) is 1.04. The van der Waals surface area contributed by atoms with Crippen LogP contribution in [0, 0.1) is 0 Å². The Morgan fingerprint density at radius 2 is 2.43 bits per heavy atom. The van der Waals surface area contributed by atoms with E-state index in [1.54, 1.807) is 0 Å².